The molecule has 110 valence electrons. The Kier molecular flexibility index (Phi) is 4.02. The van der Waals surface area contributed by atoms with E-state index in [0.29, 0.717) is 11.3 Å². The number of carbonyl (C=O) groups excluding carboxylic acids is 1. The number of aliphatic hydroxyl groups excluding tert-OH is 1. The molecule has 1 unspecified atom stereocenters. The van der Waals surface area contributed by atoms with Crippen LogP contribution in [0.2, 0.25) is 0 Å². The van der Waals surface area contributed by atoms with Crippen molar-refractivity contribution < 1.29 is 27.1 Å². The van der Waals surface area contributed by atoms with Crippen LogP contribution in [0.5, 0.6) is 0 Å². The van der Waals surface area contributed by atoms with E-state index in [-0.39, 0.29) is 17.2 Å². The molecule has 1 aromatic rings. The van der Waals surface area contributed by atoms with Gasteiger partial charge in [0.1, 0.15) is 6.10 Å². The molecule has 1 aliphatic rings. The molecular formula is C11H12F2N2O4S. The maximum Gasteiger partial charge on any atom is 0.265 e. The van der Waals surface area contributed by atoms with Crippen LogP contribution in [0, 0.1) is 0 Å². The number of fused-ring (bicyclic) bond motifs is 1. The summed E-state index contributed by atoms with van der Waals surface area (Å²) in [6, 6.07) is 3.98. The molecule has 6 nitrogen and oxygen atoms in total. The Labute approximate surface area is 113 Å². The highest BCUT2D eigenvalue weighted by Gasteiger charge is 2.24. The number of carbonyl (C=O) groups is 1. The zero-order valence-electron chi connectivity index (χ0n) is 10.1. The first-order valence-corrected chi connectivity index (χ1v) is 7.16. The van der Waals surface area contributed by atoms with Crippen LogP contribution in [0.4, 0.5) is 14.5 Å². The highest BCUT2D eigenvalue weighted by molar-refractivity contribution is 7.89. The first kappa shape index (κ1) is 14.8. The van der Waals surface area contributed by atoms with Crippen LogP contribution in [0.1, 0.15) is 5.56 Å². The lowest BCUT2D eigenvalue weighted by Crippen LogP contribution is -2.35. The number of halogens is 2. The second-order valence-corrected chi connectivity index (χ2v) is 6.06. The van der Waals surface area contributed by atoms with Gasteiger partial charge in [0.15, 0.2) is 0 Å². The van der Waals surface area contributed by atoms with Crippen LogP contribution in [0.25, 0.3) is 0 Å². The van der Waals surface area contributed by atoms with Crippen molar-refractivity contribution in [3.05, 3.63) is 23.8 Å². The van der Waals surface area contributed by atoms with Crippen LogP contribution < -0.4 is 10.0 Å². The van der Waals surface area contributed by atoms with Gasteiger partial charge in [0.2, 0.25) is 15.9 Å². The quantitative estimate of drug-likeness (QED) is 0.718. The summed E-state index contributed by atoms with van der Waals surface area (Å²) in [4.78, 5) is 11.0. The fraction of sp³-hybridized carbons (Fsp3) is 0.364. The van der Waals surface area contributed by atoms with E-state index in [1.54, 1.807) is 0 Å². The van der Waals surface area contributed by atoms with Crippen molar-refractivity contribution in [2.75, 3.05) is 11.9 Å². The van der Waals surface area contributed by atoms with Gasteiger partial charge in [0.05, 0.1) is 11.3 Å². The summed E-state index contributed by atoms with van der Waals surface area (Å²) in [5, 5.41) is 11.4. The fourth-order valence-electron chi connectivity index (χ4n) is 1.74. The summed E-state index contributed by atoms with van der Waals surface area (Å²) < 4.78 is 49.8. The molecule has 1 aromatic carbocycles. The zero-order chi connectivity index (χ0) is 14.9. The first-order valence-electron chi connectivity index (χ1n) is 5.68. The van der Waals surface area contributed by atoms with E-state index >= 15 is 0 Å². The molecule has 1 heterocycles. The minimum atomic E-state index is -4.01. The van der Waals surface area contributed by atoms with Crippen LogP contribution in [-0.2, 0) is 21.2 Å². The highest BCUT2D eigenvalue weighted by Crippen LogP contribution is 2.25. The maximum atomic E-state index is 12.1. The molecule has 0 aliphatic carbocycles. The molecule has 9 heteroatoms. The first-order chi connectivity index (χ1) is 9.29. The normalized spacial score (nSPS) is 16.1. The number of hydrogen-bond donors (Lipinski definition) is 3. The third kappa shape index (κ3) is 3.11. The Balaban J connectivity index is 2.15. The number of benzene rings is 1. The maximum absolute atomic E-state index is 12.1. The Bertz CT molecular complexity index is 633. The molecule has 0 fully saturated rings. The number of nitrogens with one attached hydrogen (secondary N) is 2. The van der Waals surface area contributed by atoms with Gasteiger partial charge in [-0.15, -0.1) is 0 Å². The Morgan fingerprint density at radius 2 is 2.10 bits per heavy atom. The van der Waals surface area contributed by atoms with Crippen LogP contribution >= 0.6 is 0 Å². The van der Waals surface area contributed by atoms with Crippen molar-refractivity contribution in [1.29, 1.82) is 0 Å². The predicted molar refractivity (Wildman–Crippen MR) is 66.0 cm³/mol. The molecule has 20 heavy (non-hydrogen) atoms. The van der Waals surface area contributed by atoms with Gasteiger partial charge < -0.3 is 10.4 Å². The van der Waals surface area contributed by atoms with Crippen molar-refractivity contribution in [3.63, 3.8) is 0 Å². The molecular weight excluding hydrogens is 294 g/mol. The fourth-order valence-corrected chi connectivity index (χ4v) is 2.84. The minimum Gasteiger partial charge on any atom is -0.386 e. The summed E-state index contributed by atoms with van der Waals surface area (Å²) in [6.07, 6.45) is -5.03. The van der Waals surface area contributed by atoms with E-state index in [1.165, 1.54) is 18.2 Å². The molecule has 0 aromatic heterocycles. The van der Waals surface area contributed by atoms with Crippen molar-refractivity contribution in [1.82, 2.24) is 4.72 Å². The number of aliphatic hydroxyl groups is 1. The molecule has 0 radical (unpaired) electrons. The van der Waals surface area contributed by atoms with Gasteiger partial charge in [0.25, 0.3) is 6.43 Å². The lowest BCUT2D eigenvalue weighted by Gasteiger charge is -2.11. The van der Waals surface area contributed by atoms with Gasteiger partial charge in [-0.25, -0.2) is 21.9 Å². The molecule has 1 atom stereocenters. The lowest BCUT2D eigenvalue weighted by molar-refractivity contribution is -0.115. The zero-order valence-corrected chi connectivity index (χ0v) is 11.0. The minimum absolute atomic E-state index is 0.0678. The summed E-state index contributed by atoms with van der Waals surface area (Å²) in [7, 11) is -4.01. The Hall–Kier alpha value is -1.58. The summed E-state index contributed by atoms with van der Waals surface area (Å²) in [5.41, 5.74) is 1.05. The summed E-state index contributed by atoms with van der Waals surface area (Å²) in [5.74, 6) is -0.240. The standard InChI is InChI=1S/C11H12F2N2O4S/c12-11(13)9(16)5-14-20(18,19)7-1-2-8-6(3-7)4-10(17)15-8/h1-3,9,11,14,16H,4-5H2,(H,15,17). The van der Waals surface area contributed by atoms with E-state index in [4.69, 9.17) is 5.11 Å². The second-order valence-electron chi connectivity index (χ2n) is 4.30. The largest absolute Gasteiger partial charge is 0.386 e. The Morgan fingerprint density at radius 3 is 2.75 bits per heavy atom. The van der Waals surface area contributed by atoms with E-state index in [0.717, 1.165) is 0 Å². The van der Waals surface area contributed by atoms with Gasteiger partial charge in [0, 0.05) is 12.2 Å². The van der Waals surface area contributed by atoms with E-state index in [1.807, 2.05) is 4.72 Å². The van der Waals surface area contributed by atoms with Gasteiger partial charge in [-0.3, -0.25) is 4.79 Å². The van der Waals surface area contributed by atoms with Crippen molar-refractivity contribution in [2.45, 2.75) is 23.8 Å². The number of sulfonamides is 1. The van der Waals surface area contributed by atoms with Crippen molar-refractivity contribution in [3.8, 4) is 0 Å². The predicted octanol–water partition coefficient (Wildman–Crippen LogP) is 0.0855. The van der Waals surface area contributed by atoms with E-state index in [2.05, 4.69) is 5.32 Å². The molecule has 1 aliphatic heterocycles. The molecule has 2 rings (SSSR count). The monoisotopic (exact) mass is 306 g/mol. The third-order valence-electron chi connectivity index (χ3n) is 2.79. The highest BCUT2D eigenvalue weighted by atomic mass is 32.2. The van der Waals surface area contributed by atoms with Crippen LogP contribution in [-0.4, -0.2) is 38.5 Å². The number of hydrogen-bond acceptors (Lipinski definition) is 4. The molecule has 0 bridgehead atoms. The van der Waals surface area contributed by atoms with E-state index < -0.39 is 29.1 Å². The summed E-state index contributed by atoms with van der Waals surface area (Å²) >= 11 is 0. The summed E-state index contributed by atoms with van der Waals surface area (Å²) in [6.45, 7) is -0.783. The average Bonchev–Trinajstić information content (AvgIpc) is 2.74. The molecule has 0 spiro atoms. The number of anilines is 1. The van der Waals surface area contributed by atoms with Gasteiger partial charge in [-0.1, -0.05) is 0 Å². The topological polar surface area (TPSA) is 95.5 Å². The molecule has 1 amide bonds. The smallest absolute Gasteiger partial charge is 0.265 e. The number of alkyl halides is 2. The SMILES string of the molecule is O=C1Cc2cc(S(=O)(=O)NCC(O)C(F)F)ccc2N1. The van der Waals surface area contributed by atoms with Crippen LogP contribution in [0.15, 0.2) is 23.1 Å². The van der Waals surface area contributed by atoms with E-state index in [9.17, 15) is 22.0 Å². The molecule has 0 saturated carbocycles. The number of rotatable bonds is 5. The second kappa shape index (κ2) is 5.43. The number of amides is 1. The molecule has 0 saturated heterocycles. The lowest BCUT2D eigenvalue weighted by atomic mass is 10.2. The van der Waals surface area contributed by atoms with Gasteiger partial charge in [-0.05, 0) is 23.8 Å². The molecule has 3 N–H and O–H groups in total. The van der Waals surface area contributed by atoms with Crippen molar-refractivity contribution in [2.24, 2.45) is 0 Å². The van der Waals surface area contributed by atoms with Gasteiger partial charge in [-0.2, -0.15) is 0 Å². The average molecular weight is 306 g/mol. The third-order valence-corrected chi connectivity index (χ3v) is 4.21. The van der Waals surface area contributed by atoms with Crippen LogP contribution in [0.3, 0.4) is 0 Å². The Morgan fingerprint density at radius 1 is 1.40 bits per heavy atom. The van der Waals surface area contributed by atoms with Gasteiger partial charge >= 0.3 is 0 Å². The van der Waals surface area contributed by atoms with Crippen molar-refractivity contribution >= 4 is 21.6 Å².